The molecule has 1 amide bonds. The van der Waals surface area contributed by atoms with Crippen LogP contribution in [0.2, 0.25) is 0 Å². The number of anilines is 1. The lowest BCUT2D eigenvalue weighted by Gasteiger charge is -2.20. The van der Waals surface area contributed by atoms with Gasteiger partial charge in [-0.1, -0.05) is 34.1 Å². The minimum absolute atomic E-state index is 0.0622. The molecule has 3 nitrogen and oxygen atoms in total. The Kier molecular flexibility index (Phi) is 4.08. The van der Waals surface area contributed by atoms with Gasteiger partial charge in [-0.2, -0.15) is 0 Å². The van der Waals surface area contributed by atoms with Crippen molar-refractivity contribution >= 4 is 27.5 Å². The smallest absolute Gasteiger partial charge is 0.255 e. The highest BCUT2D eigenvalue weighted by atomic mass is 79.9. The number of amides is 1. The van der Waals surface area contributed by atoms with Crippen molar-refractivity contribution in [1.29, 1.82) is 0 Å². The summed E-state index contributed by atoms with van der Waals surface area (Å²) in [5.41, 5.74) is 5.09. The van der Waals surface area contributed by atoms with Gasteiger partial charge < -0.3 is 10.6 Å². The standard InChI is InChI=1S/C17H17BrN2O/c1-11-5-6-13(18)9-14(11)17(21)20-16-4-2-3-12-7-8-19-10-15(12)16/h2-6,9,19H,7-8,10H2,1H3,(H,20,21). The first-order chi connectivity index (χ1) is 10.1. The van der Waals surface area contributed by atoms with E-state index in [1.165, 1.54) is 11.1 Å². The number of carbonyl (C=O) groups excluding carboxylic acids is 1. The van der Waals surface area contributed by atoms with Gasteiger partial charge in [-0.05, 0) is 54.8 Å². The lowest BCUT2D eigenvalue weighted by molar-refractivity contribution is 0.102. The Morgan fingerprint density at radius 1 is 1.29 bits per heavy atom. The third kappa shape index (κ3) is 3.01. The Morgan fingerprint density at radius 3 is 3.00 bits per heavy atom. The summed E-state index contributed by atoms with van der Waals surface area (Å²) in [6, 6.07) is 11.9. The fraction of sp³-hybridized carbons (Fsp3) is 0.235. The van der Waals surface area contributed by atoms with Gasteiger partial charge in [-0.25, -0.2) is 0 Å². The second-order valence-corrected chi connectivity index (χ2v) is 6.20. The number of benzene rings is 2. The fourth-order valence-electron chi connectivity index (χ4n) is 2.66. The van der Waals surface area contributed by atoms with Crippen molar-refractivity contribution in [3.05, 3.63) is 63.1 Å². The van der Waals surface area contributed by atoms with Gasteiger partial charge in [0.2, 0.25) is 0 Å². The van der Waals surface area contributed by atoms with Crippen molar-refractivity contribution in [3.8, 4) is 0 Å². The van der Waals surface area contributed by atoms with Crippen molar-refractivity contribution in [1.82, 2.24) is 5.32 Å². The van der Waals surface area contributed by atoms with E-state index < -0.39 is 0 Å². The minimum atomic E-state index is -0.0622. The number of rotatable bonds is 2. The van der Waals surface area contributed by atoms with Crippen LogP contribution in [0.3, 0.4) is 0 Å². The quantitative estimate of drug-likeness (QED) is 0.872. The largest absolute Gasteiger partial charge is 0.322 e. The van der Waals surface area contributed by atoms with Gasteiger partial charge in [0.1, 0.15) is 0 Å². The van der Waals surface area contributed by atoms with Crippen LogP contribution in [0.25, 0.3) is 0 Å². The molecule has 3 rings (SSSR count). The molecule has 0 bridgehead atoms. The zero-order chi connectivity index (χ0) is 14.8. The number of carbonyl (C=O) groups is 1. The lowest BCUT2D eigenvalue weighted by atomic mass is 9.99. The molecule has 4 heteroatoms. The van der Waals surface area contributed by atoms with Gasteiger partial charge in [0.15, 0.2) is 0 Å². The van der Waals surface area contributed by atoms with Crippen molar-refractivity contribution in [3.63, 3.8) is 0 Å². The fourth-order valence-corrected chi connectivity index (χ4v) is 3.02. The molecule has 2 aromatic carbocycles. The summed E-state index contributed by atoms with van der Waals surface area (Å²) >= 11 is 3.42. The van der Waals surface area contributed by atoms with Crippen molar-refractivity contribution < 1.29 is 4.79 Å². The summed E-state index contributed by atoms with van der Waals surface area (Å²) in [4.78, 5) is 12.5. The number of halogens is 1. The normalized spacial score (nSPS) is 13.6. The van der Waals surface area contributed by atoms with Gasteiger partial charge in [0.25, 0.3) is 5.91 Å². The molecule has 2 N–H and O–H groups in total. The van der Waals surface area contributed by atoms with E-state index in [-0.39, 0.29) is 5.91 Å². The van der Waals surface area contributed by atoms with Crippen LogP contribution in [0.1, 0.15) is 27.0 Å². The molecule has 0 saturated heterocycles. The molecule has 0 spiro atoms. The summed E-state index contributed by atoms with van der Waals surface area (Å²) in [6.07, 6.45) is 1.01. The number of nitrogens with one attached hydrogen (secondary N) is 2. The van der Waals surface area contributed by atoms with Crippen LogP contribution in [-0.4, -0.2) is 12.5 Å². The molecule has 0 unspecified atom stereocenters. The van der Waals surface area contributed by atoms with Crippen LogP contribution in [0.15, 0.2) is 40.9 Å². The van der Waals surface area contributed by atoms with Crippen LogP contribution in [0, 0.1) is 6.92 Å². The third-order valence-corrected chi connectivity index (χ3v) is 4.33. The first-order valence-electron chi connectivity index (χ1n) is 7.04. The molecule has 21 heavy (non-hydrogen) atoms. The number of fused-ring (bicyclic) bond motifs is 1. The maximum absolute atomic E-state index is 12.5. The van der Waals surface area contributed by atoms with E-state index in [1.54, 1.807) is 0 Å². The first-order valence-corrected chi connectivity index (χ1v) is 7.83. The van der Waals surface area contributed by atoms with E-state index in [9.17, 15) is 4.79 Å². The molecule has 0 fully saturated rings. The molecule has 1 heterocycles. The van der Waals surface area contributed by atoms with Gasteiger partial charge in [-0.3, -0.25) is 4.79 Å². The Labute approximate surface area is 132 Å². The molecule has 0 aromatic heterocycles. The Morgan fingerprint density at radius 2 is 2.14 bits per heavy atom. The Hall–Kier alpha value is -1.65. The summed E-state index contributed by atoms with van der Waals surface area (Å²) in [5, 5.41) is 6.41. The van der Waals surface area contributed by atoms with E-state index in [0.29, 0.717) is 5.56 Å². The Bertz CT molecular complexity index is 697. The van der Waals surface area contributed by atoms with Gasteiger partial charge in [-0.15, -0.1) is 0 Å². The Balaban J connectivity index is 1.90. The van der Waals surface area contributed by atoms with E-state index >= 15 is 0 Å². The highest BCUT2D eigenvalue weighted by Gasteiger charge is 2.16. The highest BCUT2D eigenvalue weighted by molar-refractivity contribution is 9.10. The van der Waals surface area contributed by atoms with E-state index in [2.05, 4.69) is 32.6 Å². The molecule has 0 aliphatic carbocycles. The third-order valence-electron chi connectivity index (χ3n) is 3.84. The number of hydrogen-bond acceptors (Lipinski definition) is 2. The number of hydrogen-bond donors (Lipinski definition) is 2. The van der Waals surface area contributed by atoms with Crippen molar-refractivity contribution in [2.24, 2.45) is 0 Å². The van der Waals surface area contributed by atoms with E-state index in [1.807, 2.05) is 37.3 Å². The molecule has 1 aliphatic rings. The molecule has 0 saturated carbocycles. The van der Waals surface area contributed by atoms with E-state index in [4.69, 9.17) is 0 Å². The second-order valence-electron chi connectivity index (χ2n) is 5.28. The summed E-state index contributed by atoms with van der Waals surface area (Å²) in [5.74, 6) is -0.0622. The summed E-state index contributed by atoms with van der Waals surface area (Å²) in [7, 11) is 0. The topological polar surface area (TPSA) is 41.1 Å². The minimum Gasteiger partial charge on any atom is -0.322 e. The average Bonchev–Trinajstić information content (AvgIpc) is 2.50. The predicted molar refractivity (Wildman–Crippen MR) is 88.7 cm³/mol. The maximum Gasteiger partial charge on any atom is 0.255 e. The molecule has 0 atom stereocenters. The van der Waals surface area contributed by atoms with E-state index in [0.717, 1.165) is 35.2 Å². The van der Waals surface area contributed by atoms with Gasteiger partial charge in [0.05, 0.1) is 0 Å². The van der Waals surface area contributed by atoms with Crippen molar-refractivity contribution in [2.75, 3.05) is 11.9 Å². The van der Waals surface area contributed by atoms with Crippen LogP contribution < -0.4 is 10.6 Å². The van der Waals surface area contributed by atoms with Crippen LogP contribution in [0.5, 0.6) is 0 Å². The average molecular weight is 345 g/mol. The molecule has 0 radical (unpaired) electrons. The zero-order valence-corrected chi connectivity index (χ0v) is 13.5. The molecule has 2 aromatic rings. The lowest BCUT2D eigenvalue weighted by Crippen LogP contribution is -2.25. The molecule has 108 valence electrons. The molecular weight excluding hydrogens is 328 g/mol. The SMILES string of the molecule is Cc1ccc(Br)cc1C(=O)Nc1cccc2c1CNCC2. The van der Waals surface area contributed by atoms with Gasteiger partial charge in [0, 0.05) is 22.3 Å². The highest BCUT2D eigenvalue weighted by Crippen LogP contribution is 2.24. The van der Waals surface area contributed by atoms with Gasteiger partial charge >= 0.3 is 0 Å². The molecule has 1 aliphatic heterocycles. The molecular formula is C17H17BrN2O. The van der Waals surface area contributed by atoms with Crippen molar-refractivity contribution in [2.45, 2.75) is 19.9 Å². The van der Waals surface area contributed by atoms with Crippen LogP contribution in [-0.2, 0) is 13.0 Å². The first kappa shape index (κ1) is 14.3. The zero-order valence-electron chi connectivity index (χ0n) is 11.9. The summed E-state index contributed by atoms with van der Waals surface area (Å²) < 4.78 is 0.912. The van der Waals surface area contributed by atoms with Crippen LogP contribution >= 0.6 is 15.9 Å². The monoisotopic (exact) mass is 344 g/mol. The maximum atomic E-state index is 12.5. The second kappa shape index (κ2) is 6.00. The number of aryl methyl sites for hydroxylation is 1. The summed E-state index contributed by atoms with van der Waals surface area (Å²) in [6.45, 7) is 3.75. The predicted octanol–water partition coefficient (Wildman–Crippen LogP) is 3.66. The van der Waals surface area contributed by atoms with Crippen LogP contribution in [0.4, 0.5) is 5.69 Å².